The fourth-order valence-electron chi connectivity index (χ4n) is 1.87. The van der Waals surface area contributed by atoms with Crippen LogP contribution in [0.25, 0.3) is 0 Å². The molecule has 1 atom stereocenters. The number of hydrogen-bond donors (Lipinski definition) is 1. The molecule has 0 aliphatic rings. The van der Waals surface area contributed by atoms with E-state index < -0.39 is 6.10 Å². The maximum absolute atomic E-state index is 13.6. The van der Waals surface area contributed by atoms with E-state index in [0.29, 0.717) is 23.1 Å². The average Bonchev–Trinajstić information content (AvgIpc) is 2.43. The highest BCUT2D eigenvalue weighted by Gasteiger charge is 2.10. The molecule has 106 valence electrons. The van der Waals surface area contributed by atoms with E-state index in [1.54, 1.807) is 12.1 Å². The molecule has 0 saturated heterocycles. The summed E-state index contributed by atoms with van der Waals surface area (Å²) in [4.78, 5) is 0. The largest absolute Gasteiger partial charge is 0.493 e. The van der Waals surface area contributed by atoms with Gasteiger partial charge >= 0.3 is 0 Å². The first-order valence-electron chi connectivity index (χ1n) is 6.45. The lowest BCUT2D eigenvalue weighted by atomic mass is 10.1. The van der Waals surface area contributed by atoms with E-state index >= 15 is 0 Å². The smallest absolute Gasteiger partial charge is 0.127 e. The normalized spacial score (nSPS) is 12.2. The highest BCUT2D eigenvalue weighted by atomic mass is 79.9. The van der Waals surface area contributed by atoms with Crippen molar-refractivity contribution in [1.82, 2.24) is 0 Å². The van der Waals surface area contributed by atoms with Crippen LogP contribution in [0.3, 0.4) is 0 Å². The Bertz CT molecular complexity index is 545. The molecule has 4 heteroatoms. The number of benzene rings is 2. The molecule has 2 aromatic carbocycles. The third kappa shape index (κ3) is 4.62. The van der Waals surface area contributed by atoms with Gasteiger partial charge in [-0.2, -0.15) is 0 Å². The van der Waals surface area contributed by atoms with Crippen LogP contribution in [-0.2, 0) is 6.42 Å². The monoisotopic (exact) mass is 338 g/mol. The Kier molecular flexibility index (Phi) is 5.56. The minimum Gasteiger partial charge on any atom is -0.493 e. The quantitative estimate of drug-likeness (QED) is 0.863. The van der Waals surface area contributed by atoms with Crippen molar-refractivity contribution in [3.63, 3.8) is 0 Å². The van der Waals surface area contributed by atoms with Crippen molar-refractivity contribution in [2.45, 2.75) is 18.9 Å². The molecule has 0 amide bonds. The van der Waals surface area contributed by atoms with Gasteiger partial charge in [0, 0.05) is 17.3 Å². The maximum atomic E-state index is 13.6. The molecule has 0 aliphatic heterocycles. The number of rotatable bonds is 6. The molecular weight excluding hydrogens is 323 g/mol. The number of para-hydroxylation sites is 1. The predicted molar refractivity (Wildman–Crippen MR) is 80.4 cm³/mol. The van der Waals surface area contributed by atoms with Crippen LogP contribution in [0, 0.1) is 5.82 Å². The summed E-state index contributed by atoms with van der Waals surface area (Å²) < 4.78 is 19.8. The predicted octanol–water partition coefficient (Wildman–Crippen LogP) is 3.96. The third-order valence-electron chi connectivity index (χ3n) is 2.93. The van der Waals surface area contributed by atoms with E-state index in [1.807, 2.05) is 30.3 Å². The van der Waals surface area contributed by atoms with Gasteiger partial charge in [0.05, 0.1) is 12.7 Å². The zero-order chi connectivity index (χ0) is 14.4. The van der Waals surface area contributed by atoms with Crippen LogP contribution < -0.4 is 4.74 Å². The van der Waals surface area contributed by atoms with Gasteiger partial charge < -0.3 is 9.84 Å². The van der Waals surface area contributed by atoms with E-state index in [0.717, 1.165) is 5.75 Å². The molecule has 2 aromatic rings. The third-order valence-corrected chi connectivity index (χ3v) is 3.43. The first-order valence-corrected chi connectivity index (χ1v) is 7.24. The van der Waals surface area contributed by atoms with Gasteiger partial charge in [0.15, 0.2) is 0 Å². The molecule has 0 aromatic heterocycles. The number of halogens is 2. The van der Waals surface area contributed by atoms with Crippen LogP contribution in [0.2, 0.25) is 0 Å². The topological polar surface area (TPSA) is 29.5 Å². The molecule has 0 bridgehead atoms. The highest BCUT2D eigenvalue weighted by molar-refractivity contribution is 9.10. The van der Waals surface area contributed by atoms with Gasteiger partial charge in [-0.05, 0) is 29.8 Å². The summed E-state index contributed by atoms with van der Waals surface area (Å²) in [6.07, 6.45) is 0.135. The molecule has 1 unspecified atom stereocenters. The molecule has 1 N–H and O–H groups in total. The lowest BCUT2D eigenvalue weighted by Crippen LogP contribution is -2.15. The summed E-state index contributed by atoms with van der Waals surface area (Å²) in [5.74, 6) is 0.469. The van der Waals surface area contributed by atoms with Crippen molar-refractivity contribution in [2.24, 2.45) is 0 Å². The van der Waals surface area contributed by atoms with Crippen LogP contribution >= 0.6 is 15.9 Å². The summed E-state index contributed by atoms with van der Waals surface area (Å²) in [5.41, 5.74) is 0.514. The Morgan fingerprint density at radius 2 is 1.90 bits per heavy atom. The highest BCUT2D eigenvalue weighted by Crippen LogP contribution is 2.17. The van der Waals surface area contributed by atoms with Crippen molar-refractivity contribution in [3.8, 4) is 5.75 Å². The van der Waals surface area contributed by atoms with Crippen LogP contribution in [0.1, 0.15) is 12.0 Å². The molecular formula is C16H16BrFO2. The van der Waals surface area contributed by atoms with E-state index in [2.05, 4.69) is 15.9 Å². The molecule has 0 aliphatic carbocycles. The zero-order valence-electron chi connectivity index (χ0n) is 10.9. The van der Waals surface area contributed by atoms with Crippen molar-refractivity contribution < 1.29 is 14.2 Å². The van der Waals surface area contributed by atoms with Gasteiger partial charge in [0.25, 0.3) is 0 Å². The van der Waals surface area contributed by atoms with Crippen LogP contribution in [0.15, 0.2) is 53.0 Å². The molecule has 0 radical (unpaired) electrons. The number of aliphatic hydroxyl groups excluding tert-OH is 1. The van der Waals surface area contributed by atoms with Gasteiger partial charge in [0.2, 0.25) is 0 Å². The Hall–Kier alpha value is -1.39. The second kappa shape index (κ2) is 7.41. The number of ether oxygens (including phenoxy) is 1. The zero-order valence-corrected chi connectivity index (χ0v) is 12.5. The van der Waals surface area contributed by atoms with E-state index in [9.17, 15) is 9.50 Å². The van der Waals surface area contributed by atoms with Crippen molar-refractivity contribution >= 4 is 15.9 Å². The second-order valence-corrected chi connectivity index (χ2v) is 5.46. The second-order valence-electron chi connectivity index (χ2n) is 4.54. The standard InChI is InChI=1S/C16H16BrFO2/c17-13-7-6-12(16(18)11-13)10-14(19)8-9-20-15-4-2-1-3-5-15/h1-7,11,14,19H,8-10H2. The first kappa shape index (κ1) is 15.0. The number of hydrogen-bond acceptors (Lipinski definition) is 2. The van der Waals surface area contributed by atoms with Crippen molar-refractivity contribution in [3.05, 3.63) is 64.4 Å². The van der Waals surface area contributed by atoms with Gasteiger partial charge in [0.1, 0.15) is 11.6 Å². The summed E-state index contributed by atoms with van der Waals surface area (Å²) in [7, 11) is 0. The van der Waals surface area contributed by atoms with E-state index in [4.69, 9.17) is 4.74 Å². The van der Waals surface area contributed by atoms with Gasteiger partial charge in [-0.1, -0.05) is 40.2 Å². The molecule has 0 fully saturated rings. The minimum atomic E-state index is -0.616. The summed E-state index contributed by atoms with van der Waals surface area (Å²) >= 11 is 3.21. The average molecular weight is 339 g/mol. The molecule has 0 spiro atoms. The van der Waals surface area contributed by atoms with Crippen LogP contribution in [0.5, 0.6) is 5.75 Å². The van der Waals surface area contributed by atoms with Gasteiger partial charge in [-0.25, -0.2) is 4.39 Å². The van der Waals surface area contributed by atoms with E-state index in [-0.39, 0.29) is 12.2 Å². The van der Waals surface area contributed by atoms with Gasteiger partial charge in [-0.15, -0.1) is 0 Å². The molecule has 20 heavy (non-hydrogen) atoms. The molecule has 2 nitrogen and oxygen atoms in total. The Morgan fingerprint density at radius 3 is 2.60 bits per heavy atom. The fourth-order valence-corrected chi connectivity index (χ4v) is 2.21. The lowest BCUT2D eigenvalue weighted by molar-refractivity contribution is 0.138. The SMILES string of the molecule is OC(CCOc1ccccc1)Cc1ccc(Br)cc1F. The van der Waals surface area contributed by atoms with Crippen molar-refractivity contribution in [2.75, 3.05) is 6.61 Å². The minimum absolute atomic E-state index is 0.289. The Morgan fingerprint density at radius 1 is 1.15 bits per heavy atom. The molecule has 2 rings (SSSR count). The molecule has 0 saturated carbocycles. The first-order chi connectivity index (χ1) is 9.65. The maximum Gasteiger partial charge on any atom is 0.127 e. The van der Waals surface area contributed by atoms with Crippen molar-refractivity contribution in [1.29, 1.82) is 0 Å². The number of aliphatic hydroxyl groups is 1. The summed E-state index contributed by atoms with van der Waals surface area (Å²) in [5, 5.41) is 9.92. The Labute approximate surface area is 126 Å². The van der Waals surface area contributed by atoms with E-state index in [1.165, 1.54) is 6.07 Å². The summed E-state index contributed by atoms with van der Waals surface area (Å²) in [6.45, 7) is 0.406. The summed E-state index contributed by atoms with van der Waals surface area (Å²) in [6, 6.07) is 14.3. The van der Waals surface area contributed by atoms with Gasteiger partial charge in [-0.3, -0.25) is 0 Å². The van der Waals surface area contributed by atoms with Crippen LogP contribution in [-0.4, -0.2) is 17.8 Å². The Balaban J connectivity index is 1.79. The lowest BCUT2D eigenvalue weighted by Gasteiger charge is -2.12. The van der Waals surface area contributed by atoms with Crippen LogP contribution in [0.4, 0.5) is 4.39 Å². The fraction of sp³-hybridized carbons (Fsp3) is 0.250. The molecule has 0 heterocycles.